The van der Waals surface area contributed by atoms with Crippen LogP contribution in [0.3, 0.4) is 0 Å². The van der Waals surface area contributed by atoms with Gasteiger partial charge < -0.3 is 10.1 Å². The highest BCUT2D eigenvalue weighted by Gasteiger charge is 2.31. The summed E-state index contributed by atoms with van der Waals surface area (Å²) in [6, 6.07) is 13.8. The molecule has 2 fully saturated rings. The first-order chi connectivity index (χ1) is 18.1. The van der Waals surface area contributed by atoms with E-state index in [4.69, 9.17) is 4.74 Å². The summed E-state index contributed by atoms with van der Waals surface area (Å²) in [5.41, 5.74) is 1.84. The first-order valence-corrected chi connectivity index (χ1v) is 16.2. The fraction of sp³-hybridized carbons (Fsp3) is 0.519. The number of sulfonamides is 2. The predicted octanol–water partition coefficient (Wildman–Crippen LogP) is 2.91. The summed E-state index contributed by atoms with van der Waals surface area (Å²) in [5.74, 6) is 0.156. The highest BCUT2D eigenvalue weighted by Crippen LogP contribution is 2.24. The molecular weight excluding hydrogens is 526 g/mol. The molecule has 0 radical (unpaired) electrons. The molecule has 2 aromatic carbocycles. The molecule has 2 aliphatic heterocycles. The van der Waals surface area contributed by atoms with Gasteiger partial charge in [-0.25, -0.2) is 21.1 Å². The van der Waals surface area contributed by atoms with E-state index >= 15 is 0 Å². The molecular formula is C27H37N3O6S2. The third kappa shape index (κ3) is 7.34. The number of benzene rings is 2. The average molecular weight is 564 g/mol. The fourth-order valence-corrected chi connectivity index (χ4v) is 7.91. The maximum absolute atomic E-state index is 12.8. The Labute approximate surface area is 226 Å². The molecule has 2 aromatic rings. The molecule has 2 saturated heterocycles. The van der Waals surface area contributed by atoms with Crippen molar-refractivity contribution in [3.05, 3.63) is 59.7 Å². The van der Waals surface area contributed by atoms with Gasteiger partial charge in [-0.2, -0.15) is 4.31 Å². The lowest BCUT2D eigenvalue weighted by Gasteiger charge is -2.30. The number of carbonyl (C=O) groups is 1. The van der Waals surface area contributed by atoms with Crippen molar-refractivity contribution >= 4 is 26.0 Å². The summed E-state index contributed by atoms with van der Waals surface area (Å²) in [6.45, 7) is 4.28. The monoisotopic (exact) mass is 563 g/mol. The van der Waals surface area contributed by atoms with Crippen molar-refractivity contribution in [2.45, 2.75) is 49.7 Å². The van der Waals surface area contributed by atoms with Crippen LogP contribution >= 0.6 is 0 Å². The van der Waals surface area contributed by atoms with Crippen LogP contribution in [0.5, 0.6) is 5.75 Å². The quantitative estimate of drug-likeness (QED) is 0.445. The molecule has 0 aliphatic carbocycles. The molecule has 4 rings (SSSR count). The van der Waals surface area contributed by atoms with E-state index in [9.17, 15) is 21.6 Å². The minimum absolute atomic E-state index is 0.0351. The average Bonchev–Trinajstić information content (AvgIpc) is 2.93. The van der Waals surface area contributed by atoms with Gasteiger partial charge in [-0.3, -0.25) is 4.79 Å². The standard InChI is InChI=1S/C27H37N3O6S2/c1-22-5-7-23(8-6-22)21-37(32,33)29-18-13-24(14-19-29)27(31)28-15-20-36-25-9-11-26(12-10-25)38(34,35)30-16-3-2-4-17-30/h5-12,24H,2-4,13-21H2,1H3,(H,28,31). The van der Waals surface area contributed by atoms with Gasteiger partial charge in [0.1, 0.15) is 12.4 Å². The summed E-state index contributed by atoms with van der Waals surface area (Å²) in [5, 5.41) is 2.87. The van der Waals surface area contributed by atoms with Crippen LogP contribution in [-0.4, -0.2) is 70.7 Å². The zero-order valence-electron chi connectivity index (χ0n) is 21.8. The van der Waals surface area contributed by atoms with Crippen LogP contribution in [0, 0.1) is 12.8 Å². The maximum Gasteiger partial charge on any atom is 0.243 e. The zero-order valence-corrected chi connectivity index (χ0v) is 23.5. The maximum atomic E-state index is 12.8. The van der Waals surface area contributed by atoms with Gasteiger partial charge in [-0.1, -0.05) is 36.2 Å². The second kappa shape index (κ2) is 12.6. The number of piperidine rings is 2. The Kier molecular flexibility index (Phi) is 9.45. The molecule has 0 saturated carbocycles. The molecule has 0 bridgehead atoms. The third-order valence-corrected chi connectivity index (χ3v) is 10.9. The van der Waals surface area contributed by atoms with Gasteiger partial charge in [-0.15, -0.1) is 0 Å². The number of rotatable bonds is 10. The van der Waals surface area contributed by atoms with Gasteiger partial charge in [-0.05, 0) is 62.4 Å². The molecule has 11 heteroatoms. The van der Waals surface area contributed by atoms with E-state index in [1.165, 1.54) is 8.61 Å². The largest absolute Gasteiger partial charge is 0.492 e. The van der Waals surface area contributed by atoms with E-state index in [0.29, 0.717) is 51.3 Å². The number of hydrogen-bond acceptors (Lipinski definition) is 6. The van der Waals surface area contributed by atoms with Crippen LogP contribution < -0.4 is 10.1 Å². The molecule has 9 nitrogen and oxygen atoms in total. The molecule has 0 spiro atoms. The van der Waals surface area contributed by atoms with Crippen molar-refractivity contribution in [3.63, 3.8) is 0 Å². The number of hydrogen-bond donors (Lipinski definition) is 1. The Morgan fingerprint density at radius 3 is 2.13 bits per heavy atom. The van der Waals surface area contributed by atoms with Gasteiger partial charge in [0.15, 0.2) is 0 Å². The smallest absolute Gasteiger partial charge is 0.243 e. The predicted molar refractivity (Wildman–Crippen MR) is 146 cm³/mol. The Morgan fingerprint density at radius 2 is 1.50 bits per heavy atom. The van der Waals surface area contributed by atoms with Crippen molar-refractivity contribution in [3.8, 4) is 5.75 Å². The van der Waals surface area contributed by atoms with Gasteiger partial charge in [0.2, 0.25) is 26.0 Å². The van der Waals surface area contributed by atoms with Gasteiger partial charge in [0, 0.05) is 32.1 Å². The minimum Gasteiger partial charge on any atom is -0.492 e. The van der Waals surface area contributed by atoms with Crippen molar-refractivity contribution in [2.24, 2.45) is 5.92 Å². The van der Waals surface area contributed by atoms with Crippen LogP contribution in [0.25, 0.3) is 0 Å². The van der Waals surface area contributed by atoms with Crippen LogP contribution in [0.15, 0.2) is 53.4 Å². The fourth-order valence-electron chi connectivity index (χ4n) is 4.83. The molecule has 0 atom stereocenters. The van der Waals surface area contributed by atoms with Crippen molar-refractivity contribution in [2.75, 3.05) is 39.3 Å². The van der Waals surface area contributed by atoms with E-state index in [0.717, 1.165) is 30.4 Å². The highest BCUT2D eigenvalue weighted by molar-refractivity contribution is 7.89. The number of aryl methyl sites for hydroxylation is 1. The topological polar surface area (TPSA) is 113 Å². The van der Waals surface area contributed by atoms with Crippen molar-refractivity contribution < 1.29 is 26.4 Å². The zero-order chi connectivity index (χ0) is 27.2. The molecule has 0 unspecified atom stereocenters. The van der Waals surface area contributed by atoms with Crippen LogP contribution in [-0.2, 0) is 30.6 Å². The first-order valence-electron chi connectivity index (χ1n) is 13.2. The lowest BCUT2D eigenvalue weighted by Crippen LogP contribution is -2.43. The summed E-state index contributed by atoms with van der Waals surface area (Å²) in [4.78, 5) is 12.8. The van der Waals surface area contributed by atoms with E-state index in [2.05, 4.69) is 5.32 Å². The highest BCUT2D eigenvalue weighted by atomic mass is 32.2. The number of ether oxygens (including phenoxy) is 1. The van der Waals surface area contributed by atoms with Gasteiger partial charge in [0.25, 0.3) is 0 Å². The molecule has 2 aliphatic rings. The molecule has 2 heterocycles. The lowest BCUT2D eigenvalue weighted by atomic mass is 9.97. The second-order valence-electron chi connectivity index (χ2n) is 9.99. The van der Waals surface area contributed by atoms with Crippen molar-refractivity contribution in [1.82, 2.24) is 13.9 Å². The third-order valence-electron chi connectivity index (χ3n) is 7.13. The SMILES string of the molecule is Cc1ccc(CS(=O)(=O)N2CCC(C(=O)NCCOc3ccc(S(=O)(=O)N4CCCCC4)cc3)CC2)cc1. The number of amides is 1. The Hall–Kier alpha value is -2.47. The minimum atomic E-state index is -3.48. The Balaban J connectivity index is 1.17. The normalized spacial score (nSPS) is 18.2. The Bertz CT molecular complexity index is 1280. The van der Waals surface area contributed by atoms with E-state index in [-0.39, 0.29) is 29.1 Å². The first kappa shape index (κ1) is 28.5. The number of nitrogens with zero attached hydrogens (tertiary/aromatic N) is 2. The van der Waals surface area contributed by atoms with E-state index in [1.807, 2.05) is 31.2 Å². The summed E-state index contributed by atoms with van der Waals surface area (Å²) < 4.78 is 59.8. The molecule has 1 N–H and O–H groups in total. The van der Waals surface area contributed by atoms with Crippen molar-refractivity contribution in [1.29, 1.82) is 0 Å². The van der Waals surface area contributed by atoms with Gasteiger partial charge in [0.05, 0.1) is 17.2 Å². The van der Waals surface area contributed by atoms with Crippen LogP contribution in [0.1, 0.15) is 43.2 Å². The molecule has 208 valence electrons. The molecule has 38 heavy (non-hydrogen) atoms. The molecule has 0 aromatic heterocycles. The van der Waals surface area contributed by atoms with Crippen LogP contribution in [0.4, 0.5) is 0 Å². The summed E-state index contributed by atoms with van der Waals surface area (Å²) in [6.07, 6.45) is 3.79. The number of carbonyl (C=O) groups excluding carboxylic acids is 1. The molecule has 1 amide bonds. The van der Waals surface area contributed by atoms with Gasteiger partial charge >= 0.3 is 0 Å². The summed E-state index contributed by atoms with van der Waals surface area (Å²) in [7, 11) is -6.91. The Morgan fingerprint density at radius 1 is 0.868 bits per heavy atom. The lowest BCUT2D eigenvalue weighted by molar-refractivity contribution is -0.126. The van der Waals surface area contributed by atoms with E-state index < -0.39 is 20.0 Å². The van der Waals surface area contributed by atoms with E-state index in [1.54, 1.807) is 24.3 Å². The van der Waals surface area contributed by atoms with Crippen LogP contribution in [0.2, 0.25) is 0 Å². The second-order valence-corrected chi connectivity index (χ2v) is 13.9. The summed E-state index contributed by atoms with van der Waals surface area (Å²) >= 11 is 0. The number of nitrogens with one attached hydrogen (secondary N) is 1.